The molecule has 1 amide bonds. The highest BCUT2D eigenvalue weighted by Crippen LogP contribution is 2.24. The highest BCUT2D eigenvalue weighted by molar-refractivity contribution is 7.89. The largest absolute Gasteiger partial charge is 0.497 e. The second-order valence-electron chi connectivity index (χ2n) is 7.41. The molecule has 0 aliphatic carbocycles. The molecule has 0 saturated carbocycles. The zero-order valence-corrected chi connectivity index (χ0v) is 19.2. The fourth-order valence-electron chi connectivity index (χ4n) is 3.43. The molecule has 0 aromatic heterocycles. The zero-order chi connectivity index (χ0) is 23.8. The summed E-state index contributed by atoms with van der Waals surface area (Å²) >= 11 is 0. The fraction of sp³-hybridized carbons (Fsp3) is 0.348. The lowest BCUT2D eigenvalue weighted by atomic mass is 10.1. The Morgan fingerprint density at radius 1 is 1.09 bits per heavy atom. The van der Waals surface area contributed by atoms with Crippen molar-refractivity contribution in [2.45, 2.75) is 36.1 Å². The number of aliphatic hydroxyl groups is 1. The molecule has 9 nitrogen and oxygen atoms in total. The van der Waals surface area contributed by atoms with Crippen molar-refractivity contribution in [3.05, 3.63) is 66.2 Å². The number of methoxy groups -OCH3 is 2. The first-order valence-corrected chi connectivity index (χ1v) is 11.8. The molecule has 1 aliphatic rings. The number of sulfonamides is 1. The molecule has 3 rings (SSSR count). The summed E-state index contributed by atoms with van der Waals surface area (Å²) in [7, 11) is -0.976. The van der Waals surface area contributed by atoms with Crippen molar-refractivity contribution in [2.75, 3.05) is 20.8 Å². The molecule has 1 heterocycles. The predicted octanol–water partition coefficient (Wildman–Crippen LogP) is 1.37. The van der Waals surface area contributed by atoms with Crippen LogP contribution in [0.3, 0.4) is 0 Å². The van der Waals surface area contributed by atoms with Crippen LogP contribution < -0.4 is 19.5 Å². The van der Waals surface area contributed by atoms with Crippen LogP contribution in [0.5, 0.6) is 11.5 Å². The lowest BCUT2D eigenvalue weighted by molar-refractivity contribution is -0.125. The van der Waals surface area contributed by atoms with Gasteiger partial charge in [-0.05, 0) is 29.8 Å². The van der Waals surface area contributed by atoms with E-state index in [2.05, 4.69) is 10.0 Å². The van der Waals surface area contributed by atoms with Crippen LogP contribution in [0.2, 0.25) is 0 Å². The van der Waals surface area contributed by atoms with Crippen LogP contribution in [-0.4, -0.2) is 58.5 Å². The number of benzene rings is 2. The van der Waals surface area contributed by atoms with Crippen molar-refractivity contribution >= 4 is 15.9 Å². The molecule has 10 heteroatoms. The van der Waals surface area contributed by atoms with Crippen molar-refractivity contribution in [1.29, 1.82) is 0 Å². The van der Waals surface area contributed by atoms with Gasteiger partial charge in [0.1, 0.15) is 22.5 Å². The van der Waals surface area contributed by atoms with Crippen molar-refractivity contribution in [3.63, 3.8) is 0 Å². The molecule has 3 N–H and O–H groups in total. The first kappa shape index (κ1) is 24.7. The van der Waals surface area contributed by atoms with Crippen LogP contribution in [0.15, 0.2) is 65.6 Å². The summed E-state index contributed by atoms with van der Waals surface area (Å²) in [5.41, 5.74) is 0.891. The van der Waals surface area contributed by atoms with Gasteiger partial charge in [-0.1, -0.05) is 36.4 Å². The molecule has 178 valence electrons. The van der Waals surface area contributed by atoms with Gasteiger partial charge in [0.05, 0.1) is 39.4 Å². The van der Waals surface area contributed by atoms with E-state index in [1.807, 2.05) is 24.3 Å². The maximum atomic E-state index is 12.8. The van der Waals surface area contributed by atoms with Crippen LogP contribution in [0, 0.1) is 0 Å². The molecule has 2 aromatic rings. The Labute approximate surface area is 193 Å². The third-order valence-electron chi connectivity index (χ3n) is 5.12. The summed E-state index contributed by atoms with van der Waals surface area (Å²) in [6, 6.07) is 12.8. The van der Waals surface area contributed by atoms with Gasteiger partial charge < -0.3 is 24.6 Å². The number of rotatable bonds is 10. The average molecular weight is 477 g/mol. The number of carbonyl (C=O) groups is 1. The smallest absolute Gasteiger partial charge is 0.244 e. The van der Waals surface area contributed by atoms with E-state index in [0.29, 0.717) is 12.3 Å². The normalized spacial score (nSPS) is 20.3. The Bertz CT molecular complexity index is 1090. The maximum absolute atomic E-state index is 12.8. The highest BCUT2D eigenvalue weighted by Gasteiger charge is 2.32. The first-order chi connectivity index (χ1) is 15.9. The Morgan fingerprint density at radius 2 is 1.88 bits per heavy atom. The van der Waals surface area contributed by atoms with Crippen molar-refractivity contribution < 1.29 is 32.5 Å². The molecular weight excluding hydrogens is 448 g/mol. The third kappa shape index (κ3) is 6.55. The second kappa shape index (κ2) is 11.3. The summed E-state index contributed by atoms with van der Waals surface area (Å²) in [6.07, 6.45) is 1.79. The lowest BCUT2D eigenvalue weighted by Gasteiger charge is -2.31. The molecule has 0 bridgehead atoms. The molecule has 33 heavy (non-hydrogen) atoms. The van der Waals surface area contributed by atoms with Crippen molar-refractivity contribution in [2.24, 2.45) is 0 Å². The van der Waals surface area contributed by atoms with E-state index >= 15 is 0 Å². The van der Waals surface area contributed by atoms with Gasteiger partial charge in [-0.2, -0.15) is 0 Å². The van der Waals surface area contributed by atoms with Crippen LogP contribution in [-0.2, 0) is 26.1 Å². The first-order valence-electron chi connectivity index (χ1n) is 10.4. The second-order valence-corrected chi connectivity index (χ2v) is 9.09. The highest BCUT2D eigenvalue weighted by atomic mass is 32.2. The summed E-state index contributed by atoms with van der Waals surface area (Å²) in [5, 5.41) is 12.6. The van der Waals surface area contributed by atoms with Crippen LogP contribution in [0.25, 0.3) is 0 Å². The number of hydrogen-bond donors (Lipinski definition) is 3. The van der Waals surface area contributed by atoms with E-state index in [1.165, 1.54) is 13.2 Å². The van der Waals surface area contributed by atoms with Gasteiger partial charge in [0.2, 0.25) is 15.9 Å². The van der Waals surface area contributed by atoms with Crippen LogP contribution >= 0.6 is 0 Å². The number of aliphatic hydroxyl groups excluding tert-OH is 1. The molecule has 2 aromatic carbocycles. The quantitative estimate of drug-likeness (QED) is 0.443. The number of hydrogen-bond acceptors (Lipinski definition) is 7. The Kier molecular flexibility index (Phi) is 8.45. The standard InChI is InChI=1S/C23H28N2O7S/c1-30-17-7-5-6-16(12-17)14-24-23(27)13-18-10-11-19(21(15-26)32-18)25-33(28,29)22-9-4-3-8-20(22)31-2/h3-12,18-19,21,25-26H,13-15H2,1-2H3,(H,24,27)/t18-,19-,21-/m0/s1. The SMILES string of the molecule is COc1cccc(CNC(=O)C[C@@H]2C=C[C@H](NS(=O)(=O)c3ccccc3OC)[C@H](CO)O2)c1. The number of amides is 1. The van der Waals surface area contributed by atoms with Gasteiger partial charge in [-0.25, -0.2) is 13.1 Å². The van der Waals surface area contributed by atoms with Crippen LogP contribution in [0.1, 0.15) is 12.0 Å². The summed E-state index contributed by atoms with van der Waals surface area (Å²) < 4.78 is 44.3. The Balaban J connectivity index is 1.60. The van der Waals surface area contributed by atoms with E-state index in [-0.39, 0.29) is 23.0 Å². The number of nitrogens with one attached hydrogen (secondary N) is 2. The molecule has 0 saturated heterocycles. The minimum absolute atomic E-state index is 0.0170. The molecule has 3 atom stereocenters. The van der Waals surface area contributed by atoms with Gasteiger partial charge in [0.15, 0.2) is 0 Å². The maximum Gasteiger partial charge on any atom is 0.244 e. The molecule has 0 radical (unpaired) electrons. The van der Waals surface area contributed by atoms with Gasteiger partial charge in [-0.3, -0.25) is 4.79 Å². The van der Waals surface area contributed by atoms with E-state index in [0.717, 1.165) is 5.56 Å². The molecular formula is C23H28N2O7S. The average Bonchev–Trinajstić information content (AvgIpc) is 2.83. The van der Waals surface area contributed by atoms with Gasteiger partial charge in [0.25, 0.3) is 0 Å². The van der Waals surface area contributed by atoms with Crippen molar-refractivity contribution in [3.8, 4) is 11.5 Å². The number of para-hydroxylation sites is 1. The third-order valence-corrected chi connectivity index (χ3v) is 6.62. The van der Waals surface area contributed by atoms with E-state index < -0.39 is 34.9 Å². The summed E-state index contributed by atoms with van der Waals surface area (Å²) in [6.45, 7) is -0.0946. The predicted molar refractivity (Wildman–Crippen MR) is 121 cm³/mol. The number of carbonyl (C=O) groups excluding carboxylic acids is 1. The van der Waals surface area contributed by atoms with Gasteiger partial charge >= 0.3 is 0 Å². The molecule has 0 unspecified atom stereocenters. The number of ether oxygens (including phenoxy) is 3. The molecule has 0 spiro atoms. The van der Waals surface area contributed by atoms with Gasteiger partial charge in [0, 0.05) is 6.54 Å². The fourth-order valence-corrected chi connectivity index (χ4v) is 4.82. The summed E-state index contributed by atoms with van der Waals surface area (Å²) in [4.78, 5) is 12.3. The Morgan fingerprint density at radius 3 is 2.61 bits per heavy atom. The summed E-state index contributed by atoms with van der Waals surface area (Å²) in [5.74, 6) is 0.668. The topological polar surface area (TPSA) is 123 Å². The van der Waals surface area contributed by atoms with E-state index in [1.54, 1.807) is 37.5 Å². The monoisotopic (exact) mass is 476 g/mol. The van der Waals surface area contributed by atoms with Gasteiger partial charge in [-0.15, -0.1) is 0 Å². The van der Waals surface area contributed by atoms with E-state index in [9.17, 15) is 18.3 Å². The Hall–Kier alpha value is -2.92. The molecule has 1 aliphatic heterocycles. The lowest BCUT2D eigenvalue weighted by Crippen LogP contribution is -2.49. The van der Waals surface area contributed by atoms with Crippen molar-refractivity contribution in [1.82, 2.24) is 10.0 Å². The minimum atomic E-state index is -3.94. The minimum Gasteiger partial charge on any atom is -0.497 e. The zero-order valence-electron chi connectivity index (χ0n) is 18.4. The van der Waals surface area contributed by atoms with E-state index in [4.69, 9.17) is 14.2 Å². The van der Waals surface area contributed by atoms with Crippen LogP contribution in [0.4, 0.5) is 0 Å². The molecule has 0 fully saturated rings.